The van der Waals surface area contributed by atoms with Gasteiger partial charge in [0.25, 0.3) is 0 Å². The van der Waals surface area contributed by atoms with Gasteiger partial charge >= 0.3 is 0 Å². The molecule has 0 unspecified atom stereocenters. The molecule has 0 saturated heterocycles. The summed E-state index contributed by atoms with van der Waals surface area (Å²) in [7, 11) is 0. The molecular weight excluding hydrogens is 104 g/mol. The molecule has 0 aliphatic rings. The second kappa shape index (κ2) is 3.46. The van der Waals surface area contributed by atoms with Gasteiger partial charge in [0.15, 0.2) is 0 Å². The second-order valence-corrected chi connectivity index (χ2v) is 1.49. The smallest absolute Gasteiger partial charge is 0.0472 e. The van der Waals surface area contributed by atoms with E-state index in [1.807, 2.05) is 6.92 Å². The average Bonchev–Trinajstić information content (AvgIpc) is 1.84. The van der Waals surface area contributed by atoms with Gasteiger partial charge < -0.3 is 5.73 Å². The van der Waals surface area contributed by atoms with Crippen LogP contribution in [0.4, 0.5) is 0 Å². The molecule has 0 aliphatic carbocycles. The van der Waals surface area contributed by atoms with Crippen molar-refractivity contribution >= 4 is 0 Å². The van der Waals surface area contributed by atoms with E-state index in [-0.39, 0.29) is 0 Å². The van der Waals surface area contributed by atoms with Crippen LogP contribution < -0.4 is 5.73 Å². The van der Waals surface area contributed by atoms with Crippen molar-refractivity contribution in [1.82, 2.24) is 5.06 Å². The summed E-state index contributed by atoms with van der Waals surface area (Å²) in [4.78, 5) is 0. The molecule has 0 rings (SSSR count). The summed E-state index contributed by atoms with van der Waals surface area (Å²) in [5.41, 5.74) is 5.70. The molecular formula is C5H12N2O. The van der Waals surface area contributed by atoms with E-state index < -0.39 is 0 Å². The Morgan fingerprint density at radius 2 is 2.38 bits per heavy atom. The lowest BCUT2D eigenvalue weighted by molar-refractivity contribution is -0.0506. The van der Waals surface area contributed by atoms with E-state index in [2.05, 4.69) is 6.58 Å². The van der Waals surface area contributed by atoms with Gasteiger partial charge in [-0.3, -0.25) is 10.3 Å². The lowest BCUT2D eigenvalue weighted by Crippen LogP contribution is -2.22. The third kappa shape index (κ3) is 1.95. The standard InChI is InChI=1S/C5H12N2O/c1-3-7(8)5(2)4-6/h8H,2-4,6H2,1H3. The first-order valence-corrected chi connectivity index (χ1v) is 2.56. The topological polar surface area (TPSA) is 49.5 Å². The van der Waals surface area contributed by atoms with Crippen LogP contribution in [0.2, 0.25) is 0 Å². The summed E-state index contributed by atoms with van der Waals surface area (Å²) < 4.78 is 0. The van der Waals surface area contributed by atoms with E-state index in [1.54, 1.807) is 0 Å². The molecule has 8 heavy (non-hydrogen) atoms. The highest BCUT2D eigenvalue weighted by Gasteiger charge is 1.95. The summed E-state index contributed by atoms with van der Waals surface area (Å²) in [6.45, 7) is 6.16. The Balaban J connectivity index is 3.46. The molecule has 0 heterocycles. The van der Waals surface area contributed by atoms with Crippen LogP contribution in [0.15, 0.2) is 12.3 Å². The molecule has 3 N–H and O–H groups in total. The van der Waals surface area contributed by atoms with Gasteiger partial charge in [-0.1, -0.05) is 6.58 Å². The maximum absolute atomic E-state index is 8.78. The fourth-order valence-corrected chi connectivity index (χ4v) is 0.329. The van der Waals surface area contributed by atoms with Crippen molar-refractivity contribution in [3.8, 4) is 0 Å². The number of hydrogen-bond acceptors (Lipinski definition) is 3. The Morgan fingerprint density at radius 3 is 2.50 bits per heavy atom. The lowest BCUT2D eigenvalue weighted by Gasteiger charge is -2.14. The van der Waals surface area contributed by atoms with Gasteiger partial charge in [0.05, 0.1) is 0 Å². The largest absolute Gasteiger partial charge is 0.325 e. The fraction of sp³-hybridized carbons (Fsp3) is 0.600. The Labute approximate surface area is 49.4 Å². The number of nitrogens with two attached hydrogens (primary N) is 1. The first kappa shape index (κ1) is 7.46. The molecule has 0 fully saturated rings. The van der Waals surface area contributed by atoms with Crippen LogP contribution in [0.5, 0.6) is 0 Å². The van der Waals surface area contributed by atoms with Crippen molar-refractivity contribution in [2.24, 2.45) is 5.73 Å². The second-order valence-electron chi connectivity index (χ2n) is 1.49. The van der Waals surface area contributed by atoms with Gasteiger partial charge in [-0.05, 0) is 6.92 Å². The lowest BCUT2D eigenvalue weighted by atomic mass is 10.5. The Kier molecular flexibility index (Phi) is 3.23. The van der Waals surface area contributed by atoms with Crippen LogP contribution in [0, 0.1) is 0 Å². The normalized spacial score (nSPS) is 8.88. The molecule has 3 nitrogen and oxygen atoms in total. The van der Waals surface area contributed by atoms with Crippen LogP contribution >= 0.6 is 0 Å². The average molecular weight is 116 g/mol. The highest BCUT2D eigenvalue weighted by Crippen LogP contribution is 1.91. The molecule has 48 valence electrons. The quantitative estimate of drug-likeness (QED) is 0.517. The van der Waals surface area contributed by atoms with E-state index in [0.717, 1.165) is 5.06 Å². The van der Waals surface area contributed by atoms with E-state index in [4.69, 9.17) is 10.9 Å². The van der Waals surface area contributed by atoms with E-state index >= 15 is 0 Å². The molecule has 3 heteroatoms. The first-order valence-electron chi connectivity index (χ1n) is 2.56. The zero-order valence-corrected chi connectivity index (χ0v) is 5.09. The third-order valence-electron chi connectivity index (χ3n) is 0.900. The van der Waals surface area contributed by atoms with Gasteiger partial charge in [-0.25, -0.2) is 0 Å². The van der Waals surface area contributed by atoms with Crippen LogP contribution in [-0.2, 0) is 0 Å². The summed E-state index contributed by atoms with van der Waals surface area (Å²) in [5, 5.41) is 9.81. The SMILES string of the molecule is C=C(CN)N(O)CC. The minimum absolute atomic E-state index is 0.310. The van der Waals surface area contributed by atoms with Crippen LogP contribution in [0.25, 0.3) is 0 Å². The van der Waals surface area contributed by atoms with Gasteiger partial charge in [-0.2, -0.15) is 0 Å². The highest BCUT2D eigenvalue weighted by molar-refractivity contribution is 4.90. The molecule has 0 amide bonds. The number of likely N-dealkylation sites (N-methyl/N-ethyl adjacent to an activating group) is 1. The molecule has 0 aliphatic heterocycles. The number of rotatable bonds is 3. The van der Waals surface area contributed by atoms with E-state index in [9.17, 15) is 0 Å². The summed E-state index contributed by atoms with van der Waals surface area (Å²) in [6, 6.07) is 0. The minimum Gasteiger partial charge on any atom is -0.325 e. The molecule has 0 aromatic heterocycles. The van der Waals surface area contributed by atoms with Crippen LogP contribution in [0.3, 0.4) is 0 Å². The Hall–Kier alpha value is -0.540. The van der Waals surface area contributed by atoms with Crippen molar-refractivity contribution in [3.05, 3.63) is 12.3 Å². The Morgan fingerprint density at radius 1 is 1.88 bits per heavy atom. The zero-order valence-electron chi connectivity index (χ0n) is 5.09. The van der Waals surface area contributed by atoms with Gasteiger partial charge in [0.1, 0.15) is 0 Å². The van der Waals surface area contributed by atoms with Crippen LogP contribution in [-0.4, -0.2) is 23.4 Å². The van der Waals surface area contributed by atoms with Crippen molar-refractivity contribution in [3.63, 3.8) is 0 Å². The minimum atomic E-state index is 0.310. The third-order valence-corrected chi connectivity index (χ3v) is 0.900. The predicted octanol–water partition coefficient (Wildman–Crippen LogP) is 0.170. The maximum Gasteiger partial charge on any atom is 0.0472 e. The van der Waals surface area contributed by atoms with Crippen molar-refractivity contribution in [2.75, 3.05) is 13.1 Å². The Bertz CT molecular complexity index is 82.5. The summed E-state index contributed by atoms with van der Waals surface area (Å²) in [6.07, 6.45) is 0. The highest BCUT2D eigenvalue weighted by atomic mass is 16.5. The molecule has 0 radical (unpaired) electrons. The monoisotopic (exact) mass is 116 g/mol. The molecule has 0 spiro atoms. The number of hydroxylamine groups is 2. The predicted molar refractivity (Wildman–Crippen MR) is 32.4 cm³/mol. The van der Waals surface area contributed by atoms with Crippen molar-refractivity contribution in [2.45, 2.75) is 6.92 Å². The van der Waals surface area contributed by atoms with Crippen molar-refractivity contribution in [1.29, 1.82) is 0 Å². The number of hydrogen-bond donors (Lipinski definition) is 2. The van der Waals surface area contributed by atoms with E-state index in [0.29, 0.717) is 18.8 Å². The molecule has 0 aromatic rings. The van der Waals surface area contributed by atoms with Gasteiger partial charge in [0, 0.05) is 18.8 Å². The van der Waals surface area contributed by atoms with E-state index in [1.165, 1.54) is 0 Å². The number of nitrogens with zero attached hydrogens (tertiary/aromatic N) is 1. The fourth-order valence-electron chi connectivity index (χ4n) is 0.329. The zero-order chi connectivity index (χ0) is 6.57. The molecule has 0 atom stereocenters. The summed E-state index contributed by atoms with van der Waals surface area (Å²) in [5.74, 6) is 0. The van der Waals surface area contributed by atoms with Gasteiger partial charge in [0.2, 0.25) is 0 Å². The first-order chi connectivity index (χ1) is 3.72. The molecule has 0 saturated carbocycles. The van der Waals surface area contributed by atoms with Gasteiger partial charge in [-0.15, -0.1) is 0 Å². The molecule has 0 aromatic carbocycles. The molecule has 0 bridgehead atoms. The van der Waals surface area contributed by atoms with Crippen molar-refractivity contribution < 1.29 is 5.21 Å². The maximum atomic E-state index is 8.78. The summed E-state index contributed by atoms with van der Waals surface area (Å²) >= 11 is 0. The van der Waals surface area contributed by atoms with Crippen LogP contribution in [0.1, 0.15) is 6.92 Å².